The number of anilines is 1. The van der Waals surface area contributed by atoms with E-state index < -0.39 is 11.4 Å². The number of nitrogens with zero attached hydrogens (tertiary/aromatic N) is 2. The number of ether oxygens (including phenoxy) is 1. The number of rotatable bonds is 2. The van der Waals surface area contributed by atoms with Crippen molar-refractivity contribution in [2.24, 2.45) is 0 Å². The molecule has 1 aromatic carbocycles. The van der Waals surface area contributed by atoms with Gasteiger partial charge in [0.05, 0.1) is 17.2 Å². The third-order valence-electron chi connectivity index (χ3n) is 4.87. The molecule has 1 N–H and O–H groups in total. The second-order valence-corrected chi connectivity index (χ2v) is 6.48. The van der Waals surface area contributed by atoms with Crippen molar-refractivity contribution in [3.05, 3.63) is 28.0 Å². The molecular weight excluding hydrogens is 307 g/mol. The molecule has 2 radical (unpaired) electrons. The van der Waals surface area contributed by atoms with E-state index >= 15 is 0 Å². The third kappa shape index (κ3) is 2.03. The summed E-state index contributed by atoms with van der Waals surface area (Å²) in [6, 6.07) is 1.54. The molecule has 0 bridgehead atoms. The van der Waals surface area contributed by atoms with E-state index in [1.807, 2.05) is 11.5 Å². The fraction of sp³-hybridized carbons (Fsp3) is 0.412. The number of hydrogen-bond donors (Lipinski definition) is 1. The summed E-state index contributed by atoms with van der Waals surface area (Å²) in [6.07, 6.45) is 3.61. The van der Waals surface area contributed by atoms with Gasteiger partial charge in [-0.3, -0.25) is 4.79 Å². The Morgan fingerprint density at radius 3 is 2.75 bits per heavy atom. The zero-order chi connectivity index (χ0) is 17.0. The molecule has 7 heteroatoms. The summed E-state index contributed by atoms with van der Waals surface area (Å²) < 4.78 is 7.79. The molecule has 0 aliphatic carbocycles. The Morgan fingerprint density at radius 1 is 1.38 bits per heavy atom. The number of pyridine rings is 1. The van der Waals surface area contributed by atoms with Gasteiger partial charge in [0.25, 0.3) is 0 Å². The van der Waals surface area contributed by atoms with E-state index in [1.165, 1.54) is 6.20 Å². The lowest BCUT2D eigenvalue weighted by Gasteiger charge is -2.32. The van der Waals surface area contributed by atoms with Crippen LogP contribution in [0.15, 0.2) is 17.1 Å². The van der Waals surface area contributed by atoms with Gasteiger partial charge in [-0.2, -0.15) is 0 Å². The monoisotopic (exact) mass is 324 g/mol. The van der Waals surface area contributed by atoms with E-state index in [0.717, 1.165) is 31.6 Å². The fourth-order valence-electron chi connectivity index (χ4n) is 3.68. The molecule has 1 aromatic heterocycles. The predicted octanol–water partition coefficient (Wildman–Crippen LogP) is 1.05. The molecule has 2 aliphatic heterocycles. The van der Waals surface area contributed by atoms with Crippen LogP contribution in [-0.2, 0) is 0 Å². The Balaban J connectivity index is 2.11. The highest BCUT2D eigenvalue weighted by molar-refractivity contribution is 6.38. The van der Waals surface area contributed by atoms with Gasteiger partial charge < -0.3 is 19.3 Å². The van der Waals surface area contributed by atoms with Gasteiger partial charge in [-0.1, -0.05) is 11.5 Å². The molecule has 1 fully saturated rings. The van der Waals surface area contributed by atoms with Crippen LogP contribution in [0, 0.1) is 0 Å². The fourth-order valence-corrected chi connectivity index (χ4v) is 3.68. The van der Waals surface area contributed by atoms with Crippen LogP contribution in [0.2, 0.25) is 0 Å². The van der Waals surface area contributed by atoms with Gasteiger partial charge >= 0.3 is 5.97 Å². The zero-order valence-electron chi connectivity index (χ0n) is 13.4. The van der Waals surface area contributed by atoms with Crippen molar-refractivity contribution in [1.82, 2.24) is 4.57 Å². The normalized spacial score (nSPS) is 19.5. The van der Waals surface area contributed by atoms with Crippen LogP contribution >= 0.6 is 0 Å². The van der Waals surface area contributed by atoms with Crippen LogP contribution in [0.4, 0.5) is 5.69 Å². The smallest absolute Gasteiger partial charge is 0.341 e. The van der Waals surface area contributed by atoms with Crippen LogP contribution in [0.25, 0.3) is 10.9 Å². The number of benzene rings is 1. The van der Waals surface area contributed by atoms with Crippen molar-refractivity contribution < 1.29 is 14.6 Å². The minimum absolute atomic E-state index is 0.0613. The number of carbonyl (C=O) groups is 1. The Kier molecular flexibility index (Phi) is 3.33. The summed E-state index contributed by atoms with van der Waals surface area (Å²) in [7, 11) is 6.23. The van der Waals surface area contributed by atoms with E-state index in [9.17, 15) is 14.7 Å². The van der Waals surface area contributed by atoms with E-state index in [0.29, 0.717) is 28.7 Å². The van der Waals surface area contributed by atoms with Crippen LogP contribution < -0.4 is 20.5 Å². The van der Waals surface area contributed by atoms with Crippen molar-refractivity contribution >= 4 is 35.9 Å². The molecule has 6 nitrogen and oxygen atoms in total. The first-order chi connectivity index (χ1) is 11.5. The van der Waals surface area contributed by atoms with E-state index in [4.69, 9.17) is 12.6 Å². The maximum absolute atomic E-state index is 12.6. The molecule has 4 rings (SSSR count). The summed E-state index contributed by atoms with van der Waals surface area (Å²) >= 11 is 0. The first-order valence-electron chi connectivity index (χ1n) is 8.11. The molecule has 2 aromatic rings. The van der Waals surface area contributed by atoms with Crippen molar-refractivity contribution in [3.63, 3.8) is 0 Å². The predicted molar refractivity (Wildman–Crippen MR) is 92.2 cm³/mol. The molecular formula is C17H17BN2O4. The standard InChI is InChI=1S/C17H17BN2O4/c1-9-8-24-16-13-10(15(21)11(17(22)23)7-20(9)13)6-12(18)14(16)19-4-2-3-5-19/h6-7,9H,2-5,8H2,1H3,(H,22,23)/t9-/m0/s1. The Morgan fingerprint density at radius 2 is 2.08 bits per heavy atom. The van der Waals surface area contributed by atoms with Gasteiger partial charge in [-0.25, -0.2) is 4.79 Å². The molecule has 1 saturated heterocycles. The largest absolute Gasteiger partial charge is 0.487 e. The second kappa shape index (κ2) is 5.29. The first-order valence-corrected chi connectivity index (χ1v) is 8.11. The summed E-state index contributed by atoms with van der Waals surface area (Å²) in [5.74, 6) is -0.632. The highest BCUT2D eigenvalue weighted by Gasteiger charge is 2.29. The van der Waals surface area contributed by atoms with Crippen LogP contribution in [0.1, 0.15) is 36.2 Å². The van der Waals surface area contributed by atoms with E-state index in [2.05, 4.69) is 4.90 Å². The topological polar surface area (TPSA) is 71.8 Å². The minimum Gasteiger partial charge on any atom is -0.487 e. The quantitative estimate of drug-likeness (QED) is 0.836. The summed E-state index contributed by atoms with van der Waals surface area (Å²) in [5, 5.41) is 9.63. The average Bonchev–Trinajstić information content (AvgIpc) is 3.06. The van der Waals surface area contributed by atoms with Crippen molar-refractivity contribution in [3.8, 4) is 5.75 Å². The SMILES string of the molecule is [B]c1cc2c(=O)c(C(=O)O)cn3c2c(c1N1CCCC1)OC[C@@H]3C. The Hall–Kier alpha value is -2.44. The Labute approximate surface area is 140 Å². The summed E-state index contributed by atoms with van der Waals surface area (Å²) in [6.45, 7) is 4.15. The van der Waals surface area contributed by atoms with Crippen LogP contribution in [0.5, 0.6) is 5.75 Å². The minimum atomic E-state index is -1.23. The van der Waals surface area contributed by atoms with Gasteiger partial charge in [-0.15, -0.1) is 0 Å². The third-order valence-corrected chi connectivity index (χ3v) is 4.87. The summed E-state index contributed by atoms with van der Waals surface area (Å²) in [4.78, 5) is 26.2. The lowest BCUT2D eigenvalue weighted by atomic mass is 9.89. The Bertz CT molecular complexity index is 915. The average molecular weight is 324 g/mol. The molecule has 0 saturated carbocycles. The first kappa shape index (κ1) is 15.1. The lowest BCUT2D eigenvalue weighted by Crippen LogP contribution is -2.32. The molecule has 0 spiro atoms. The van der Waals surface area contributed by atoms with E-state index in [-0.39, 0.29) is 11.6 Å². The van der Waals surface area contributed by atoms with Crippen LogP contribution in [-0.4, -0.2) is 43.2 Å². The van der Waals surface area contributed by atoms with Crippen molar-refractivity contribution in [2.75, 3.05) is 24.6 Å². The maximum Gasteiger partial charge on any atom is 0.341 e. The highest BCUT2D eigenvalue weighted by atomic mass is 16.5. The van der Waals surface area contributed by atoms with Crippen molar-refractivity contribution in [1.29, 1.82) is 0 Å². The molecule has 1 atom stereocenters. The molecule has 3 heterocycles. The summed E-state index contributed by atoms with van der Waals surface area (Å²) in [5.41, 5.74) is 1.16. The maximum atomic E-state index is 12.6. The second-order valence-electron chi connectivity index (χ2n) is 6.48. The molecule has 122 valence electrons. The number of aromatic nitrogens is 1. The van der Waals surface area contributed by atoms with Gasteiger partial charge in [-0.05, 0) is 19.8 Å². The molecule has 2 aliphatic rings. The van der Waals surface area contributed by atoms with E-state index in [1.54, 1.807) is 6.07 Å². The van der Waals surface area contributed by atoms with Gasteiger partial charge in [0, 0.05) is 24.7 Å². The highest BCUT2D eigenvalue weighted by Crippen LogP contribution is 2.39. The number of hydrogen-bond acceptors (Lipinski definition) is 4. The van der Waals surface area contributed by atoms with Gasteiger partial charge in [0.2, 0.25) is 5.43 Å². The van der Waals surface area contributed by atoms with Gasteiger partial charge in [0.1, 0.15) is 20.0 Å². The molecule has 24 heavy (non-hydrogen) atoms. The van der Waals surface area contributed by atoms with Gasteiger partial charge in [0.15, 0.2) is 5.75 Å². The van der Waals surface area contributed by atoms with Crippen molar-refractivity contribution in [2.45, 2.75) is 25.8 Å². The molecule has 0 unspecified atom stereocenters. The number of aromatic carboxylic acids is 1. The lowest BCUT2D eigenvalue weighted by molar-refractivity contribution is 0.0694. The van der Waals surface area contributed by atoms with Crippen LogP contribution in [0.3, 0.4) is 0 Å². The number of carboxylic acids is 1. The zero-order valence-corrected chi connectivity index (χ0v) is 13.4. The molecule has 0 amide bonds. The number of carboxylic acid groups (broad SMARTS) is 1.